The van der Waals surface area contributed by atoms with E-state index in [1.54, 1.807) is 29.8 Å². The van der Waals surface area contributed by atoms with Crippen LogP contribution in [0.1, 0.15) is 10.5 Å². The highest BCUT2D eigenvalue weighted by Gasteiger charge is 2.16. The molecule has 0 saturated carbocycles. The van der Waals surface area contributed by atoms with E-state index in [1.165, 1.54) is 11.3 Å². The highest BCUT2D eigenvalue weighted by Crippen LogP contribution is 2.28. The Bertz CT molecular complexity index is 753. The molecular formula is C16H11ClN2OS. The summed E-state index contributed by atoms with van der Waals surface area (Å²) in [6.07, 6.45) is 0. The van der Waals surface area contributed by atoms with Crippen LogP contribution >= 0.6 is 22.9 Å². The van der Waals surface area contributed by atoms with Gasteiger partial charge in [-0.3, -0.25) is 4.79 Å². The zero-order valence-electron chi connectivity index (χ0n) is 10.9. The monoisotopic (exact) mass is 314 g/mol. The predicted molar refractivity (Wildman–Crippen MR) is 87.0 cm³/mol. The first-order chi connectivity index (χ1) is 10.2. The van der Waals surface area contributed by atoms with Gasteiger partial charge in [0.2, 0.25) is 0 Å². The largest absolute Gasteiger partial charge is 0.321 e. The molecule has 2 aromatic carbocycles. The molecule has 3 aromatic rings. The van der Waals surface area contributed by atoms with Gasteiger partial charge in [0.25, 0.3) is 5.91 Å². The molecule has 0 unspecified atom stereocenters. The molecule has 0 aliphatic carbocycles. The van der Waals surface area contributed by atoms with Gasteiger partial charge in [0.05, 0.1) is 10.4 Å². The van der Waals surface area contributed by atoms with E-state index in [2.05, 4.69) is 10.3 Å². The zero-order valence-corrected chi connectivity index (χ0v) is 12.5. The van der Waals surface area contributed by atoms with Crippen molar-refractivity contribution >= 4 is 34.5 Å². The van der Waals surface area contributed by atoms with Crippen molar-refractivity contribution < 1.29 is 4.79 Å². The van der Waals surface area contributed by atoms with Crippen LogP contribution in [0.15, 0.2) is 60.1 Å². The molecule has 1 heterocycles. The number of amides is 1. The molecule has 0 aliphatic heterocycles. The van der Waals surface area contributed by atoms with Crippen LogP contribution in [-0.2, 0) is 0 Å². The van der Waals surface area contributed by atoms with E-state index >= 15 is 0 Å². The number of hydrogen-bond acceptors (Lipinski definition) is 3. The molecule has 0 saturated heterocycles. The fraction of sp³-hybridized carbons (Fsp3) is 0. The summed E-state index contributed by atoms with van der Waals surface area (Å²) in [5, 5.41) is 3.46. The Labute approximate surface area is 131 Å². The quantitative estimate of drug-likeness (QED) is 0.760. The van der Waals surface area contributed by atoms with Gasteiger partial charge >= 0.3 is 0 Å². The van der Waals surface area contributed by atoms with E-state index in [-0.39, 0.29) is 5.91 Å². The highest BCUT2D eigenvalue weighted by molar-refractivity contribution is 7.13. The third kappa shape index (κ3) is 3.12. The van der Waals surface area contributed by atoms with Crippen LogP contribution in [-0.4, -0.2) is 10.9 Å². The Kier molecular flexibility index (Phi) is 3.99. The van der Waals surface area contributed by atoms with Crippen LogP contribution in [0, 0.1) is 0 Å². The first kappa shape index (κ1) is 13.8. The fourth-order valence-corrected chi connectivity index (χ4v) is 2.84. The van der Waals surface area contributed by atoms with Crippen LogP contribution in [0.4, 0.5) is 5.69 Å². The minimum Gasteiger partial charge on any atom is -0.321 e. The standard InChI is InChI=1S/C16H11ClN2OS/c17-12-6-8-13(9-7-12)19-16(20)14-15(21-10-18-14)11-4-2-1-3-5-11/h1-10H,(H,19,20). The van der Waals surface area contributed by atoms with E-state index in [0.29, 0.717) is 16.4 Å². The lowest BCUT2D eigenvalue weighted by molar-refractivity contribution is 0.102. The number of benzene rings is 2. The number of anilines is 1. The Morgan fingerprint density at radius 3 is 2.48 bits per heavy atom. The van der Waals surface area contributed by atoms with E-state index < -0.39 is 0 Å². The van der Waals surface area contributed by atoms with E-state index in [0.717, 1.165) is 10.4 Å². The van der Waals surface area contributed by atoms with Gasteiger partial charge in [-0.1, -0.05) is 41.9 Å². The second-order valence-corrected chi connectivity index (χ2v) is 5.65. The van der Waals surface area contributed by atoms with Crippen LogP contribution in [0.25, 0.3) is 10.4 Å². The number of carbonyl (C=O) groups is 1. The maximum atomic E-state index is 12.4. The lowest BCUT2D eigenvalue weighted by Gasteiger charge is -2.05. The number of aromatic nitrogens is 1. The van der Waals surface area contributed by atoms with E-state index in [1.807, 2.05) is 30.3 Å². The molecule has 3 nitrogen and oxygen atoms in total. The number of hydrogen-bond donors (Lipinski definition) is 1. The highest BCUT2D eigenvalue weighted by atomic mass is 35.5. The van der Waals surface area contributed by atoms with Crippen molar-refractivity contribution in [2.45, 2.75) is 0 Å². The third-order valence-corrected chi connectivity index (χ3v) is 4.05. The number of nitrogens with one attached hydrogen (secondary N) is 1. The van der Waals surface area contributed by atoms with Crippen LogP contribution in [0.5, 0.6) is 0 Å². The molecule has 1 N–H and O–H groups in total. The maximum absolute atomic E-state index is 12.4. The second kappa shape index (κ2) is 6.08. The van der Waals surface area contributed by atoms with Gasteiger partial charge < -0.3 is 5.32 Å². The van der Waals surface area contributed by atoms with Crippen LogP contribution in [0.3, 0.4) is 0 Å². The van der Waals surface area contributed by atoms with Crippen molar-refractivity contribution in [1.29, 1.82) is 0 Å². The van der Waals surface area contributed by atoms with E-state index in [9.17, 15) is 4.79 Å². The first-order valence-electron chi connectivity index (χ1n) is 6.30. The van der Waals surface area contributed by atoms with Crippen molar-refractivity contribution in [3.8, 4) is 10.4 Å². The topological polar surface area (TPSA) is 42.0 Å². The lowest BCUT2D eigenvalue weighted by atomic mass is 10.1. The molecule has 104 valence electrons. The molecule has 5 heteroatoms. The summed E-state index contributed by atoms with van der Waals surface area (Å²) in [6, 6.07) is 16.7. The van der Waals surface area contributed by atoms with Crippen LogP contribution in [0.2, 0.25) is 5.02 Å². The Morgan fingerprint density at radius 1 is 1.05 bits per heavy atom. The molecule has 0 spiro atoms. The molecular weight excluding hydrogens is 304 g/mol. The summed E-state index contributed by atoms with van der Waals surface area (Å²) in [5.74, 6) is -0.225. The SMILES string of the molecule is O=C(Nc1ccc(Cl)cc1)c1ncsc1-c1ccccc1. The Balaban J connectivity index is 1.86. The van der Waals surface area contributed by atoms with Crippen molar-refractivity contribution in [3.63, 3.8) is 0 Å². The van der Waals surface area contributed by atoms with Gasteiger partial charge in [-0.15, -0.1) is 11.3 Å². The zero-order chi connectivity index (χ0) is 14.7. The van der Waals surface area contributed by atoms with E-state index in [4.69, 9.17) is 11.6 Å². The molecule has 0 aliphatic rings. The summed E-state index contributed by atoms with van der Waals surface area (Å²) < 4.78 is 0. The Morgan fingerprint density at radius 2 is 1.76 bits per heavy atom. The van der Waals surface area contributed by atoms with Gasteiger partial charge in [0.15, 0.2) is 0 Å². The minimum atomic E-state index is -0.225. The molecule has 0 bridgehead atoms. The second-order valence-electron chi connectivity index (χ2n) is 4.36. The molecule has 3 rings (SSSR count). The lowest BCUT2D eigenvalue weighted by Crippen LogP contribution is -2.13. The van der Waals surface area contributed by atoms with Gasteiger partial charge in [0.1, 0.15) is 5.69 Å². The van der Waals surface area contributed by atoms with Gasteiger partial charge in [-0.05, 0) is 29.8 Å². The number of halogens is 1. The first-order valence-corrected chi connectivity index (χ1v) is 7.55. The number of thiazole rings is 1. The van der Waals surface area contributed by atoms with Crippen molar-refractivity contribution in [2.75, 3.05) is 5.32 Å². The summed E-state index contributed by atoms with van der Waals surface area (Å²) in [5.41, 5.74) is 3.79. The maximum Gasteiger partial charge on any atom is 0.275 e. The molecule has 0 radical (unpaired) electrons. The molecule has 0 atom stereocenters. The Hall–Kier alpha value is -2.17. The van der Waals surface area contributed by atoms with Gasteiger partial charge in [0, 0.05) is 10.7 Å². The van der Waals surface area contributed by atoms with Gasteiger partial charge in [-0.25, -0.2) is 4.98 Å². The number of rotatable bonds is 3. The third-order valence-electron chi connectivity index (χ3n) is 2.92. The van der Waals surface area contributed by atoms with Crippen molar-refractivity contribution in [1.82, 2.24) is 4.98 Å². The molecule has 21 heavy (non-hydrogen) atoms. The summed E-state index contributed by atoms with van der Waals surface area (Å²) in [6.45, 7) is 0. The summed E-state index contributed by atoms with van der Waals surface area (Å²) in [4.78, 5) is 17.4. The normalized spacial score (nSPS) is 10.3. The smallest absolute Gasteiger partial charge is 0.275 e. The summed E-state index contributed by atoms with van der Waals surface area (Å²) in [7, 11) is 0. The predicted octanol–water partition coefficient (Wildman–Crippen LogP) is 4.72. The average molecular weight is 315 g/mol. The minimum absolute atomic E-state index is 0.225. The van der Waals surface area contributed by atoms with Crippen molar-refractivity contribution in [2.24, 2.45) is 0 Å². The number of carbonyl (C=O) groups excluding carboxylic acids is 1. The summed E-state index contributed by atoms with van der Waals surface area (Å²) >= 11 is 7.28. The average Bonchev–Trinajstić information content (AvgIpc) is 3.00. The van der Waals surface area contributed by atoms with Crippen LogP contribution < -0.4 is 5.32 Å². The van der Waals surface area contributed by atoms with Crippen molar-refractivity contribution in [3.05, 3.63) is 70.8 Å². The fourth-order valence-electron chi connectivity index (χ4n) is 1.93. The molecule has 1 aromatic heterocycles. The number of nitrogens with zero attached hydrogens (tertiary/aromatic N) is 1. The van der Waals surface area contributed by atoms with Gasteiger partial charge in [-0.2, -0.15) is 0 Å². The molecule has 1 amide bonds. The molecule has 0 fully saturated rings.